The molecule has 0 fully saturated rings. The molecular weight excluding hydrogens is 380 g/mol. The molecule has 2 N–H and O–H groups in total. The molecule has 0 spiro atoms. The Bertz CT molecular complexity index is 955. The number of rotatable bonds is 9. The van der Waals surface area contributed by atoms with Crippen molar-refractivity contribution in [2.45, 2.75) is 24.8 Å². The van der Waals surface area contributed by atoms with Gasteiger partial charge in [0.25, 0.3) is 15.9 Å². The van der Waals surface area contributed by atoms with Crippen LogP contribution in [0.5, 0.6) is 11.5 Å². The Labute approximate surface area is 165 Å². The Hall–Kier alpha value is -3.00. The van der Waals surface area contributed by atoms with E-state index in [-0.39, 0.29) is 22.3 Å². The fraction of sp³-hybridized carbons (Fsp3) is 0.250. The molecule has 0 saturated carbocycles. The summed E-state index contributed by atoms with van der Waals surface area (Å²) in [5.74, 6) is 0.382. The molecule has 0 radical (unpaired) electrons. The van der Waals surface area contributed by atoms with Crippen LogP contribution in [-0.2, 0) is 10.0 Å². The molecule has 0 saturated heterocycles. The first-order valence-electron chi connectivity index (χ1n) is 8.62. The van der Waals surface area contributed by atoms with Crippen LogP contribution in [-0.4, -0.2) is 34.1 Å². The second-order valence-corrected chi connectivity index (χ2v) is 7.91. The molecule has 8 heteroatoms. The zero-order valence-electron chi connectivity index (χ0n) is 16.1. The average molecular weight is 404 g/mol. The van der Waals surface area contributed by atoms with E-state index in [1.54, 1.807) is 30.3 Å². The Morgan fingerprint density at radius 2 is 1.96 bits per heavy atom. The third-order valence-electron chi connectivity index (χ3n) is 3.60. The van der Waals surface area contributed by atoms with E-state index in [9.17, 15) is 13.2 Å². The first kappa shape index (κ1) is 21.3. The van der Waals surface area contributed by atoms with Crippen LogP contribution in [0.2, 0.25) is 0 Å². The van der Waals surface area contributed by atoms with Gasteiger partial charge < -0.3 is 14.8 Å². The predicted molar refractivity (Wildman–Crippen MR) is 109 cm³/mol. The van der Waals surface area contributed by atoms with Crippen LogP contribution in [0.3, 0.4) is 0 Å². The molecule has 150 valence electrons. The molecule has 7 nitrogen and oxygen atoms in total. The summed E-state index contributed by atoms with van der Waals surface area (Å²) in [6.45, 7) is 7.51. The highest BCUT2D eigenvalue weighted by atomic mass is 32.2. The molecule has 2 rings (SSSR count). The van der Waals surface area contributed by atoms with Crippen LogP contribution < -0.4 is 19.5 Å². The number of benzene rings is 2. The average Bonchev–Trinajstić information content (AvgIpc) is 2.65. The van der Waals surface area contributed by atoms with Crippen LogP contribution in [0.4, 0.5) is 5.69 Å². The molecular formula is C20H24N2O5S. The lowest BCUT2D eigenvalue weighted by atomic mass is 10.2. The largest absolute Gasteiger partial charge is 0.496 e. The minimum Gasteiger partial charge on any atom is -0.496 e. The summed E-state index contributed by atoms with van der Waals surface area (Å²) in [7, 11) is -2.50. The van der Waals surface area contributed by atoms with Gasteiger partial charge in [-0.3, -0.25) is 9.52 Å². The fourth-order valence-corrected chi connectivity index (χ4v) is 3.47. The zero-order valence-corrected chi connectivity index (χ0v) is 16.9. The number of nitrogens with one attached hydrogen (secondary N) is 2. The van der Waals surface area contributed by atoms with Crippen molar-refractivity contribution in [3.05, 3.63) is 60.7 Å². The van der Waals surface area contributed by atoms with E-state index < -0.39 is 15.9 Å². The summed E-state index contributed by atoms with van der Waals surface area (Å²) in [6.07, 6.45) is 1.60. The first-order chi connectivity index (χ1) is 13.3. The number of sulfonamides is 1. The summed E-state index contributed by atoms with van der Waals surface area (Å²) < 4.78 is 38.7. The summed E-state index contributed by atoms with van der Waals surface area (Å²) in [6, 6.07) is 10.6. The number of carbonyl (C=O) groups is 1. The van der Waals surface area contributed by atoms with Crippen LogP contribution in [0, 0.1) is 0 Å². The van der Waals surface area contributed by atoms with E-state index in [2.05, 4.69) is 16.6 Å². The second kappa shape index (κ2) is 9.27. The molecule has 2 aromatic carbocycles. The smallest absolute Gasteiger partial charge is 0.261 e. The highest BCUT2D eigenvalue weighted by Crippen LogP contribution is 2.25. The molecule has 28 heavy (non-hydrogen) atoms. The van der Waals surface area contributed by atoms with Crippen molar-refractivity contribution in [1.82, 2.24) is 5.32 Å². The van der Waals surface area contributed by atoms with Gasteiger partial charge in [-0.05, 0) is 44.2 Å². The lowest BCUT2D eigenvalue weighted by Crippen LogP contribution is -2.30. The van der Waals surface area contributed by atoms with E-state index in [0.29, 0.717) is 18.0 Å². The maximum Gasteiger partial charge on any atom is 0.261 e. The topological polar surface area (TPSA) is 93.7 Å². The lowest BCUT2D eigenvalue weighted by molar-refractivity contribution is 0.0940. The Morgan fingerprint density at radius 3 is 2.61 bits per heavy atom. The molecule has 0 aliphatic carbocycles. The number of anilines is 1. The summed E-state index contributed by atoms with van der Waals surface area (Å²) >= 11 is 0. The highest BCUT2D eigenvalue weighted by Gasteiger charge is 2.20. The van der Waals surface area contributed by atoms with E-state index in [4.69, 9.17) is 9.47 Å². The number of carbonyl (C=O) groups excluding carboxylic acids is 1. The van der Waals surface area contributed by atoms with Gasteiger partial charge in [0, 0.05) is 12.1 Å². The number of ether oxygens (including phenoxy) is 2. The van der Waals surface area contributed by atoms with Crippen LogP contribution >= 0.6 is 0 Å². The van der Waals surface area contributed by atoms with E-state index in [0.717, 1.165) is 0 Å². The van der Waals surface area contributed by atoms with Crippen molar-refractivity contribution in [2.24, 2.45) is 0 Å². The maximum atomic E-state index is 12.8. The Morgan fingerprint density at radius 1 is 1.21 bits per heavy atom. The minimum absolute atomic E-state index is 0.0559. The van der Waals surface area contributed by atoms with Crippen LogP contribution in [0.15, 0.2) is 60.0 Å². The van der Waals surface area contributed by atoms with Gasteiger partial charge in [0.05, 0.1) is 23.3 Å². The fourth-order valence-electron chi connectivity index (χ4n) is 2.39. The molecule has 1 amide bonds. The summed E-state index contributed by atoms with van der Waals surface area (Å²) in [5, 5.41) is 2.73. The lowest BCUT2D eigenvalue weighted by Gasteiger charge is -2.14. The number of methoxy groups -OCH3 is 1. The van der Waals surface area contributed by atoms with Gasteiger partial charge in [-0.25, -0.2) is 8.42 Å². The first-order valence-corrected chi connectivity index (χ1v) is 10.1. The molecule has 2 aromatic rings. The molecule has 0 aromatic heterocycles. The number of hydrogen-bond acceptors (Lipinski definition) is 5. The van der Waals surface area contributed by atoms with Crippen molar-refractivity contribution >= 4 is 21.6 Å². The quantitative estimate of drug-likeness (QED) is 0.626. The molecule has 0 heterocycles. The molecule has 0 bridgehead atoms. The highest BCUT2D eigenvalue weighted by molar-refractivity contribution is 7.92. The van der Waals surface area contributed by atoms with Gasteiger partial charge in [-0.2, -0.15) is 0 Å². The molecule has 0 atom stereocenters. The van der Waals surface area contributed by atoms with Crippen molar-refractivity contribution in [1.29, 1.82) is 0 Å². The standard InChI is InChI=1S/C20H24N2O5S/c1-5-11-27-16-8-6-7-15(12-16)22-28(24,25)17-9-10-19(26-4)18(13-17)20(23)21-14(2)3/h5-10,12-14,22H,1,11H2,2-4H3,(H,21,23). The van der Waals surface area contributed by atoms with E-state index in [1.807, 2.05) is 13.8 Å². The summed E-state index contributed by atoms with van der Waals surface area (Å²) in [5.41, 5.74) is 0.479. The monoisotopic (exact) mass is 404 g/mol. The van der Waals surface area contributed by atoms with Crippen molar-refractivity contribution in [3.8, 4) is 11.5 Å². The normalized spacial score (nSPS) is 11.0. The Kier molecular flexibility index (Phi) is 7.06. The van der Waals surface area contributed by atoms with Crippen molar-refractivity contribution in [2.75, 3.05) is 18.4 Å². The summed E-state index contributed by atoms with van der Waals surface area (Å²) in [4.78, 5) is 12.3. The molecule has 0 aliphatic heterocycles. The van der Waals surface area contributed by atoms with Crippen LogP contribution in [0.1, 0.15) is 24.2 Å². The van der Waals surface area contributed by atoms with E-state index in [1.165, 1.54) is 25.3 Å². The van der Waals surface area contributed by atoms with Crippen LogP contribution in [0.25, 0.3) is 0 Å². The zero-order chi connectivity index (χ0) is 20.7. The third-order valence-corrected chi connectivity index (χ3v) is 4.98. The van der Waals surface area contributed by atoms with Gasteiger partial charge in [-0.1, -0.05) is 18.7 Å². The van der Waals surface area contributed by atoms with Crippen molar-refractivity contribution in [3.63, 3.8) is 0 Å². The number of hydrogen-bond donors (Lipinski definition) is 2. The SMILES string of the molecule is C=CCOc1cccc(NS(=O)(=O)c2ccc(OC)c(C(=O)NC(C)C)c2)c1. The molecule has 0 aliphatic rings. The minimum atomic E-state index is -3.92. The van der Waals surface area contributed by atoms with Crippen molar-refractivity contribution < 1.29 is 22.7 Å². The van der Waals surface area contributed by atoms with Gasteiger partial charge in [-0.15, -0.1) is 0 Å². The second-order valence-electron chi connectivity index (χ2n) is 6.22. The predicted octanol–water partition coefficient (Wildman–Crippen LogP) is 3.20. The van der Waals surface area contributed by atoms with Gasteiger partial charge in [0.2, 0.25) is 0 Å². The van der Waals surface area contributed by atoms with E-state index >= 15 is 0 Å². The maximum absolute atomic E-state index is 12.8. The van der Waals surface area contributed by atoms with Gasteiger partial charge in [0.15, 0.2) is 0 Å². The molecule has 0 unspecified atom stereocenters. The van der Waals surface area contributed by atoms with Gasteiger partial charge in [0.1, 0.15) is 18.1 Å². The number of amides is 1. The van der Waals surface area contributed by atoms with Gasteiger partial charge >= 0.3 is 0 Å². The third kappa shape index (κ3) is 5.50. The Balaban J connectivity index is 2.32.